The molecule has 1 saturated heterocycles. The Morgan fingerprint density at radius 2 is 1.61 bits per heavy atom. The van der Waals surface area contributed by atoms with E-state index in [1.165, 1.54) is 38.5 Å². The van der Waals surface area contributed by atoms with E-state index in [0.717, 1.165) is 19.6 Å². The van der Waals surface area contributed by atoms with Crippen LogP contribution in [0.4, 0.5) is 0 Å². The normalized spacial score (nSPS) is 19.0. The number of hydrogen-bond donors (Lipinski definition) is 0. The van der Waals surface area contributed by atoms with Crippen molar-refractivity contribution in [3.8, 4) is 0 Å². The van der Waals surface area contributed by atoms with E-state index in [2.05, 4.69) is 24.2 Å². The molecule has 0 radical (unpaired) electrons. The molecule has 0 amide bonds. The van der Waals surface area contributed by atoms with Crippen LogP contribution in [-0.4, -0.2) is 33.6 Å². The molecule has 0 aromatic heterocycles. The maximum atomic E-state index is 5.87. The Balaban J connectivity index is 2.36. The van der Waals surface area contributed by atoms with Gasteiger partial charge >= 0.3 is 117 Å². The molecule has 1 aliphatic rings. The summed E-state index contributed by atoms with van der Waals surface area (Å²) in [4.78, 5) is 0. The fraction of sp³-hybridized carbons (Fsp3) is 1.00. The van der Waals surface area contributed by atoms with E-state index < -0.39 is 13.3 Å². The number of hydrogen-bond acceptors (Lipinski definition) is 2. The van der Waals surface area contributed by atoms with Gasteiger partial charge in [-0.05, 0) is 0 Å². The molecule has 0 N–H and O–H groups in total. The first kappa shape index (κ1) is 16.6. The monoisotopic (exact) mass is 316 g/mol. The minimum absolute atomic E-state index is 0.116. The van der Waals surface area contributed by atoms with Crippen LogP contribution in [0.5, 0.6) is 0 Å². The molecule has 0 aromatic rings. The van der Waals surface area contributed by atoms with E-state index in [1.807, 2.05) is 0 Å². The summed E-state index contributed by atoms with van der Waals surface area (Å²) in [6.45, 7) is 4.07. The molecule has 0 aliphatic carbocycles. The van der Waals surface area contributed by atoms with Crippen LogP contribution in [0.15, 0.2) is 0 Å². The van der Waals surface area contributed by atoms with E-state index in [-0.39, 0.29) is 7.12 Å². The molecule has 18 heavy (non-hydrogen) atoms. The van der Waals surface area contributed by atoms with E-state index in [1.54, 1.807) is 0 Å². The van der Waals surface area contributed by atoms with Gasteiger partial charge in [0, 0.05) is 0 Å². The molecule has 106 valence electrons. The summed E-state index contributed by atoms with van der Waals surface area (Å²) in [5.41, 5.74) is 0. The van der Waals surface area contributed by atoms with E-state index in [9.17, 15) is 0 Å². The second kappa shape index (κ2) is 8.65. The molecule has 4 heteroatoms. The average Bonchev–Trinajstić information content (AvgIpc) is 2.33. The zero-order chi connectivity index (χ0) is 13.4. The first-order chi connectivity index (χ1) is 8.55. The summed E-state index contributed by atoms with van der Waals surface area (Å²) in [6, 6.07) is 0. The van der Waals surface area contributed by atoms with Crippen molar-refractivity contribution in [1.29, 1.82) is 0 Å². The summed E-state index contributed by atoms with van der Waals surface area (Å²) in [7, 11) is 0.116. The van der Waals surface area contributed by atoms with Gasteiger partial charge in [-0.1, -0.05) is 0 Å². The van der Waals surface area contributed by atoms with Crippen molar-refractivity contribution >= 4 is 20.4 Å². The summed E-state index contributed by atoms with van der Waals surface area (Å²) in [5, 5.41) is 0. The first-order valence-corrected chi connectivity index (χ1v) is 15.3. The van der Waals surface area contributed by atoms with Gasteiger partial charge in [-0.25, -0.2) is 0 Å². The molecule has 2 nitrogen and oxygen atoms in total. The van der Waals surface area contributed by atoms with E-state index in [4.69, 9.17) is 9.31 Å². The molecule has 1 fully saturated rings. The zero-order valence-electron chi connectivity index (χ0n) is 12.8. The van der Waals surface area contributed by atoms with Gasteiger partial charge in [-0.2, -0.15) is 0 Å². The molecule has 1 unspecified atom stereocenters. The van der Waals surface area contributed by atoms with Crippen LogP contribution >= 0.6 is 0 Å². The van der Waals surface area contributed by atoms with Crippen LogP contribution in [0.2, 0.25) is 21.9 Å². The zero-order valence-corrected chi connectivity index (χ0v) is 14.9. The standard InChI is InChI=1S/C14H31BGeO2/c1-5-6-7-8-9-11-14(16(2,3)4)15-17-12-10-13-18-15/h14H,5-13H2,1-4H3. The fourth-order valence-corrected chi connectivity index (χ4v) is 7.05. The van der Waals surface area contributed by atoms with Gasteiger partial charge in [0.15, 0.2) is 0 Å². The van der Waals surface area contributed by atoms with Crippen molar-refractivity contribution in [1.82, 2.24) is 0 Å². The minimum atomic E-state index is -1.70. The van der Waals surface area contributed by atoms with Gasteiger partial charge in [0.2, 0.25) is 0 Å². The Kier molecular flexibility index (Phi) is 7.97. The second-order valence-electron chi connectivity index (χ2n) is 6.64. The van der Waals surface area contributed by atoms with Crippen molar-refractivity contribution in [2.75, 3.05) is 13.2 Å². The summed E-state index contributed by atoms with van der Waals surface area (Å²) >= 11 is -1.70. The molecule has 0 aromatic carbocycles. The number of unbranched alkanes of at least 4 members (excludes halogenated alkanes) is 4. The van der Waals surface area contributed by atoms with Crippen LogP contribution in [0.25, 0.3) is 0 Å². The molecule has 1 rings (SSSR count). The topological polar surface area (TPSA) is 18.5 Å². The van der Waals surface area contributed by atoms with Gasteiger partial charge < -0.3 is 0 Å². The predicted molar refractivity (Wildman–Crippen MR) is 82.7 cm³/mol. The Morgan fingerprint density at radius 1 is 1.00 bits per heavy atom. The Bertz CT molecular complexity index is 212. The van der Waals surface area contributed by atoms with Gasteiger partial charge in [0.1, 0.15) is 0 Å². The van der Waals surface area contributed by atoms with Crippen LogP contribution < -0.4 is 0 Å². The Labute approximate surface area is 117 Å². The molecule has 0 spiro atoms. The first-order valence-electron chi connectivity index (χ1n) is 7.79. The molecule has 0 bridgehead atoms. The summed E-state index contributed by atoms with van der Waals surface area (Å²) < 4.78 is 12.5. The van der Waals surface area contributed by atoms with E-state index in [0.29, 0.717) is 4.65 Å². The maximum absolute atomic E-state index is 5.87. The third kappa shape index (κ3) is 6.12. The third-order valence-corrected chi connectivity index (χ3v) is 9.76. The van der Waals surface area contributed by atoms with Crippen LogP contribution in [-0.2, 0) is 9.31 Å². The molecular formula is C14H31BGeO2. The SMILES string of the molecule is CCCCCCC[CH](B1OCCCO1)[Ge]([CH3])([CH3])[CH3]. The summed E-state index contributed by atoms with van der Waals surface area (Å²) in [5.74, 6) is 7.49. The average molecular weight is 315 g/mol. The fourth-order valence-electron chi connectivity index (χ4n) is 2.68. The van der Waals surface area contributed by atoms with Gasteiger partial charge in [0.05, 0.1) is 0 Å². The van der Waals surface area contributed by atoms with Crippen molar-refractivity contribution in [3.05, 3.63) is 0 Å². The summed E-state index contributed by atoms with van der Waals surface area (Å²) in [6.07, 6.45) is 9.24. The quantitative estimate of drug-likeness (QED) is 0.484. The van der Waals surface area contributed by atoms with Gasteiger partial charge in [0.25, 0.3) is 0 Å². The Hall–Kier alpha value is 0.528. The van der Waals surface area contributed by atoms with Crippen molar-refractivity contribution < 1.29 is 9.31 Å². The molecule has 1 atom stereocenters. The van der Waals surface area contributed by atoms with Crippen molar-refractivity contribution in [2.45, 2.75) is 73.8 Å². The second-order valence-corrected chi connectivity index (χ2v) is 18.1. The van der Waals surface area contributed by atoms with Crippen molar-refractivity contribution in [3.63, 3.8) is 0 Å². The molecule has 1 heterocycles. The molecule has 1 aliphatic heterocycles. The Morgan fingerprint density at radius 3 is 2.17 bits per heavy atom. The van der Waals surface area contributed by atoms with Crippen LogP contribution in [0.1, 0.15) is 51.9 Å². The van der Waals surface area contributed by atoms with Crippen molar-refractivity contribution in [2.24, 2.45) is 0 Å². The number of rotatable bonds is 8. The van der Waals surface area contributed by atoms with E-state index >= 15 is 0 Å². The van der Waals surface area contributed by atoms with Gasteiger partial charge in [-0.15, -0.1) is 0 Å². The van der Waals surface area contributed by atoms with Crippen LogP contribution in [0.3, 0.4) is 0 Å². The van der Waals surface area contributed by atoms with Gasteiger partial charge in [-0.3, -0.25) is 0 Å². The molecule has 0 saturated carbocycles. The molecular weight excluding hydrogens is 284 g/mol. The third-order valence-electron chi connectivity index (χ3n) is 3.91. The van der Waals surface area contributed by atoms with Crippen LogP contribution in [0, 0.1) is 0 Å². The predicted octanol–water partition coefficient (Wildman–Crippen LogP) is 4.52.